The van der Waals surface area contributed by atoms with Gasteiger partial charge in [-0.05, 0) is 29.8 Å². The molecule has 0 saturated carbocycles. The average molecular weight is 456 g/mol. The van der Waals surface area contributed by atoms with Gasteiger partial charge in [-0.25, -0.2) is 17.2 Å². The van der Waals surface area contributed by atoms with Crippen molar-refractivity contribution in [1.82, 2.24) is 8.87 Å². The van der Waals surface area contributed by atoms with Crippen LogP contribution in [0.2, 0.25) is 0 Å². The fourth-order valence-electron chi connectivity index (χ4n) is 3.17. The predicted octanol–water partition coefficient (Wildman–Crippen LogP) is 2.69. The van der Waals surface area contributed by atoms with E-state index in [4.69, 9.17) is 9.90 Å². The summed E-state index contributed by atoms with van der Waals surface area (Å²) < 4.78 is 58.8. The topological polar surface area (TPSA) is 99.8 Å². The number of aliphatic carboxylic acids is 1. The third kappa shape index (κ3) is 5.06. The molecule has 2 heterocycles. The molecule has 7 nitrogen and oxygen atoms in total. The van der Waals surface area contributed by atoms with Gasteiger partial charge < -0.3 is 10.2 Å². The maximum absolute atomic E-state index is 12.9. The highest BCUT2D eigenvalue weighted by atomic mass is 32.2. The SMILES string of the molecule is O=C(O)C(F)(F)F.O=S(=O)(c1ccccc1)n1ccc2c(CN3CC(O)C3)cccc21. The first-order chi connectivity index (χ1) is 14.5. The first-order valence-corrected chi connectivity index (χ1v) is 10.5. The van der Waals surface area contributed by atoms with Crippen molar-refractivity contribution >= 4 is 26.9 Å². The van der Waals surface area contributed by atoms with E-state index in [1.807, 2.05) is 24.3 Å². The maximum atomic E-state index is 12.9. The Hall–Kier alpha value is -2.89. The van der Waals surface area contributed by atoms with Crippen molar-refractivity contribution in [3.63, 3.8) is 0 Å². The van der Waals surface area contributed by atoms with Crippen LogP contribution in [0.1, 0.15) is 5.56 Å². The molecular weight excluding hydrogens is 437 g/mol. The molecular formula is C20H19F3N2O5S. The van der Waals surface area contributed by atoms with Crippen LogP contribution >= 0.6 is 0 Å². The van der Waals surface area contributed by atoms with Gasteiger partial charge in [0.1, 0.15) is 0 Å². The summed E-state index contributed by atoms with van der Waals surface area (Å²) in [6, 6.07) is 16.0. The van der Waals surface area contributed by atoms with Gasteiger partial charge >= 0.3 is 12.1 Å². The van der Waals surface area contributed by atoms with E-state index in [-0.39, 0.29) is 11.0 Å². The molecule has 166 valence electrons. The Bertz CT molecular complexity index is 1170. The molecule has 0 aliphatic carbocycles. The second-order valence-electron chi connectivity index (χ2n) is 6.93. The molecule has 4 rings (SSSR count). The first kappa shape index (κ1) is 22.8. The molecule has 0 unspecified atom stereocenters. The van der Waals surface area contributed by atoms with Gasteiger partial charge in [0.05, 0.1) is 16.5 Å². The van der Waals surface area contributed by atoms with Crippen LogP contribution < -0.4 is 0 Å². The Kier molecular flexibility index (Phi) is 6.39. The number of aliphatic hydroxyl groups excluding tert-OH is 1. The van der Waals surface area contributed by atoms with Crippen LogP contribution in [0.25, 0.3) is 10.9 Å². The molecule has 3 aromatic rings. The van der Waals surface area contributed by atoms with Crippen LogP contribution in [0.5, 0.6) is 0 Å². The fraction of sp³-hybridized carbons (Fsp3) is 0.250. The van der Waals surface area contributed by atoms with Crippen molar-refractivity contribution in [2.75, 3.05) is 13.1 Å². The lowest BCUT2D eigenvalue weighted by Crippen LogP contribution is -2.49. The number of aromatic nitrogens is 1. The number of nitrogens with zero attached hydrogens (tertiary/aromatic N) is 2. The number of β-amino-alcohol motifs (C(OH)–C–C–N with tert-alkyl or cyclic N) is 1. The van der Waals surface area contributed by atoms with Gasteiger partial charge in [0.25, 0.3) is 10.0 Å². The maximum Gasteiger partial charge on any atom is 0.490 e. The standard InChI is InChI=1S/C18H18N2O3S.C2HF3O2/c21-15-12-19(13-15)11-14-5-4-8-18-17(14)9-10-20(18)24(22,23)16-6-2-1-3-7-16;3-2(4,5)1(6)7/h1-10,15,21H,11-13H2;(H,6,7). The zero-order chi connectivity index (χ0) is 22.8. The number of alkyl halides is 3. The molecule has 0 bridgehead atoms. The number of likely N-dealkylation sites (tertiary alicyclic amines) is 1. The van der Waals surface area contributed by atoms with Gasteiger partial charge in [0, 0.05) is 31.2 Å². The minimum absolute atomic E-state index is 0.243. The normalized spacial score (nSPS) is 15.2. The Morgan fingerprint density at radius 2 is 1.65 bits per heavy atom. The van der Waals surface area contributed by atoms with E-state index in [1.54, 1.807) is 36.5 Å². The lowest BCUT2D eigenvalue weighted by atomic mass is 10.1. The number of fused-ring (bicyclic) bond motifs is 1. The number of hydrogen-bond acceptors (Lipinski definition) is 5. The number of benzene rings is 2. The van der Waals surface area contributed by atoms with E-state index in [1.165, 1.54) is 3.97 Å². The molecule has 0 spiro atoms. The lowest BCUT2D eigenvalue weighted by molar-refractivity contribution is -0.192. The second kappa shape index (κ2) is 8.69. The number of halogens is 3. The highest BCUT2D eigenvalue weighted by molar-refractivity contribution is 7.90. The molecule has 11 heteroatoms. The predicted molar refractivity (Wildman–Crippen MR) is 106 cm³/mol. The Balaban J connectivity index is 0.000000339. The van der Waals surface area contributed by atoms with Crippen molar-refractivity contribution in [3.8, 4) is 0 Å². The molecule has 1 aliphatic rings. The monoisotopic (exact) mass is 456 g/mol. The Morgan fingerprint density at radius 1 is 1.03 bits per heavy atom. The largest absolute Gasteiger partial charge is 0.490 e. The highest BCUT2D eigenvalue weighted by Crippen LogP contribution is 2.26. The molecule has 0 amide bonds. The fourth-order valence-corrected chi connectivity index (χ4v) is 4.54. The molecule has 2 aromatic carbocycles. The average Bonchev–Trinajstić information content (AvgIpc) is 3.13. The zero-order valence-electron chi connectivity index (χ0n) is 16.0. The molecule has 0 atom stereocenters. The van der Waals surface area contributed by atoms with Crippen molar-refractivity contribution < 1.29 is 36.6 Å². The van der Waals surface area contributed by atoms with Crippen LogP contribution in [-0.2, 0) is 21.4 Å². The van der Waals surface area contributed by atoms with E-state index in [0.717, 1.165) is 10.9 Å². The van der Waals surface area contributed by atoms with E-state index in [9.17, 15) is 26.7 Å². The summed E-state index contributed by atoms with van der Waals surface area (Å²) in [5.74, 6) is -2.76. The number of carboxylic acid groups (broad SMARTS) is 1. The van der Waals surface area contributed by atoms with Crippen LogP contribution in [0.3, 0.4) is 0 Å². The summed E-state index contributed by atoms with van der Waals surface area (Å²) >= 11 is 0. The first-order valence-electron chi connectivity index (χ1n) is 9.10. The Morgan fingerprint density at radius 3 is 2.19 bits per heavy atom. The van der Waals surface area contributed by atoms with Gasteiger partial charge in [0.2, 0.25) is 0 Å². The third-order valence-corrected chi connectivity index (χ3v) is 6.37. The van der Waals surface area contributed by atoms with E-state index in [2.05, 4.69) is 4.90 Å². The summed E-state index contributed by atoms with van der Waals surface area (Å²) in [5.41, 5.74) is 1.75. The summed E-state index contributed by atoms with van der Waals surface area (Å²) in [6.45, 7) is 2.04. The number of hydrogen-bond donors (Lipinski definition) is 2. The van der Waals surface area contributed by atoms with Gasteiger partial charge in [-0.2, -0.15) is 13.2 Å². The molecule has 1 fully saturated rings. The Labute approximate surface area is 176 Å². The summed E-state index contributed by atoms with van der Waals surface area (Å²) in [4.78, 5) is 11.3. The van der Waals surface area contributed by atoms with Gasteiger partial charge in [-0.15, -0.1) is 0 Å². The van der Waals surface area contributed by atoms with Crippen molar-refractivity contribution in [2.24, 2.45) is 0 Å². The van der Waals surface area contributed by atoms with E-state index in [0.29, 0.717) is 25.2 Å². The minimum Gasteiger partial charge on any atom is -0.475 e. The van der Waals surface area contributed by atoms with Crippen LogP contribution in [0.4, 0.5) is 13.2 Å². The molecule has 1 aliphatic heterocycles. The number of aliphatic hydroxyl groups is 1. The smallest absolute Gasteiger partial charge is 0.475 e. The molecule has 0 radical (unpaired) electrons. The molecule has 31 heavy (non-hydrogen) atoms. The number of carboxylic acids is 1. The van der Waals surface area contributed by atoms with Crippen LogP contribution in [0.15, 0.2) is 65.7 Å². The van der Waals surface area contributed by atoms with Gasteiger partial charge in [-0.3, -0.25) is 4.90 Å². The number of rotatable bonds is 4. The third-order valence-electron chi connectivity index (χ3n) is 4.66. The van der Waals surface area contributed by atoms with Crippen molar-refractivity contribution in [3.05, 3.63) is 66.4 Å². The van der Waals surface area contributed by atoms with E-state index < -0.39 is 22.2 Å². The summed E-state index contributed by atoms with van der Waals surface area (Å²) in [7, 11) is -3.60. The van der Waals surface area contributed by atoms with Crippen molar-refractivity contribution in [1.29, 1.82) is 0 Å². The molecule has 2 N–H and O–H groups in total. The van der Waals surface area contributed by atoms with E-state index >= 15 is 0 Å². The summed E-state index contributed by atoms with van der Waals surface area (Å²) in [5, 5.41) is 17.5. The molecule has 1 saturated heterocycles. The number of carbonyl (C=O) groups is 1. The van der Waals surface area contributed by atoms with Crippen LogP contribution in [0, 0.1) is 0 Å². The molecule has 1 aromatic heterocycles. The summed E-state index contributed by atoms with van der Waals surface area (Å²) in [6.07, 6.45) is -3.71. The van der Waals surface area contributed by atoms with Gasteiger partial charge in [0.15, 0.2) is 0 Å². The minimum atomic E-state index is -5.08. The highest BCUT2D eigenvalue weighted by Gasteiger charge is 2.38. The van der Waals surface area contributed by atoms with Crippen LogP contribution in [-0.4, -0.2) is 58.8 Å². The quantitative estimate of drug-likeness (QED) is 0.626. The van der Waals surface area contributed by atoms with Crippen molar-refractivity contribution in [2.45, 2.75) is 23.7 Å². The second-order valence-corrected chi connectivity index (χ2v) is 8.75. The lowest BCUT2D eigenvalue weighted by Gasteiger charge is -2.35. The van der Waals surface area contributed by atoms with Gasteiger partial charge in [-0.1, -0.05) is 30.3 Å². The zero-order valence-corrected chi connectivity index (χ0v) is 16.8.